The third-order valence-electron chi connectivity index (χ3n) is 2.70. The number of aliphatic carboxylic acids is 1. The predicted molar refractivity (Wildman–Crippen MR) is 37.1 cm³/mol. The van der Waals surface area contributed by atoms with Crippen LogP contribution in [-0.4, -0.2) is 34.4 Å². The Bertz CT molecular complexity index is 192. The molecular weight excluding hydrogens is 146 g/mol. The van der Waals surface area contributed by atoms with Crippen LogP contribution in [0, 0.1) is 5.92 Å². The van der Waals surface area contributed by atoms with Gasteiger partial charge in [-0.1, -0.05) is 0 Å². The first kappa shape index (κ1) is 7.06. The molecule has 2 aliphatic rings. The number of carboxylic acid groups (broad SMARTS) is 1. The minimum Gasteiger partial charge on any atom is -0.480 e. The van der Waals surface area contributed by atoms with Crippen LogP contribution in [-0.2, 0) is 4.79 Å². The number of piperidine rings is 1. The van der Waals surface area contributed by atoms with Gasteiger partial charge in [-0.05, 0) is 18.8 Å². The van der Waals surface area contributed by atoms with Crippen LogP contribution in [0.2, 0.25) is 0 Å². The lowest BCUT2D eigenvalue weighted by Gasteiger charge is -2.22. The standard InChI is InChI=1S/C7H11NO3/c9-5-2-3-1-4(5)8-6(3)7(10)11/h3-6,8-9H,1-2H2,(H,10,11)/t3-,4+,5+,6+/m0/s1. The third-order valence-corrected chi connectivity index (χ3v) is 2.70. The van der Waals surface area contributed by atoms with Gasteiger partial charge in [-0.3, -0.25) is 10.1 Å². The molecule has 2 fully saturated rings. The van der Waals surface area contributed by atoms with Crippen LogP contribution in [0.1, 0.15) is 12.8 Å². The highest BCUT2D eigenvalue weighted by molar-refractivity contribution is 5.74. The Balaban J connectivity index is 2.08. The maximum atomic E-state index is 10.6. The Morgan fingerprint density at radius 1 is 1.45 bits per heavy atom. The smallest absolute Gasteiger partial charge is 0.320 e. The quantitative estimate of drug-likeness (QED) is 0.465. The summed E-state index contributed by atoms with van der Waals surface area (Å²) in [4.78, 5) is 10.6. The van der Waals surface area contributed by atoms with Gasteiger partial charge in [-0.2, -0.15) is 0 Å². The van der Waals surface area contributed by atoms with Crippen molar-refractivity contribution in [3.8, 4) is 0 Å². The van der Waals surface area contributed by atoms with Crippen molar-refractivity contribution in [3.63, 3.8) is 0 Å². The first-order valence-corrected chi connectivity index (χ1v) is 3.85. The van der Waals surface area contributed by atoms with E-state index in [0.717, 1.165) is 6.42 Å². The Labute approximate surface area is 64.2 Å². The highest BCUT2D eigenvalue weighted by atomic mass is 16.4. The van der Waals surface area contributed by atoms with E-state index >= 15 is 0 Å². The van der Waals surface area contributed by atoms with E-state index in [9.17, 15) is 9.90 Å². The van der Waals surface area contributed by atoms with Crippen molar-refractivity contribution in [3.05, 3.63) is 0 Å². The van der Waals surface area contributed by atoms with E-state index in [2.05, 4.69) is 5.32 Å². The van der Waals surface area contributed by atoms with Crippen LogP contribution >= 0.6 is 0 Å². The van der Waals surface area contributed by atoms with Gasteiger partial charge in [0.05, 0.1) is 6.10 Å². The molecule has 2 rings (SSSR count). The largest absolute Gasteiger partial charge is 0.480 e. The van der Waals surface area contributed by atoms with Gasteiger partial charge in [-0.15, -0.1) is 0 Å². The highest BCUT2D eigenvalue weighted by Gasteiger charge is 2.47. The van der Waals surface area contributed by atoms with Crippen molar-refractivity contribution in [1.29, 1.82) is 0 Å². The molecule has 1 heterocycles. The molecule has 0 aromatic rings. The Morgan fingerprint density at radius 3 is 2.55 bits per heavy atom. The molecule has 0 aromatic carbocycles. The second kappa shape index (κ2) is 2.19. The molecule has 3 N–H and O–H groups in total. The fourth-order valence-electron chi connectivity index (χ4n) is 2.14. The van der Waals surface area contributed by atoms with Crippen molar-refractivity contribution < 1.29 is 15.0 Å². The average Bonchev–Trinajstić information content (AvgIpc) is 2.43. The van der Waals surface area contributed by atoms with Crippen LogP contribution in [0.4, 0.5) is 0 Å². The molecule has 4 heteroatoms. The van der Waals surface area contributed by atoms with Crippen molar-refractivity contribution in [2.75, 3.05) is 0 Å². The predicted octanol–water partition coefficient (Wildman–Crippen LogP) is -0.818. The lowest BCUT2D eigenvalue weighted by Crippen LogP contribution is -2.47. The van der Waals surface area contributed by atoms with Crippen LogP contribution in [0.5, 0.6) is 0 Å². The summed E-state index contributed by atoms with van der Waals surface area (Å²) < 4.78 is 0. The molecular formula is C7H11NO3. The van der Waals surface area contributed by atoms with E-state index in [1.165, 1.54) is 0 Å². The minimum atomic E-state index is -0.788. The molecule has 0 radical (unpaired) electrons. The zero-order valence-electron chi connectivity index (χ0n) is 6.03. The van der Waals surface area contributed by atoms with Gasteiger partial charge in [0.1, 0.15) is 6.04 Å². The SMILES string of the molecule is O=C(O)[C@@H]1N[C@@H]2C[C@H]1C[C@H]2O. The molecule has 1 saturated carbocycles. The summed E-state index contributed by atoms with van der Waals surface area (Å²) >= 11 is 0. The van der Waals surface area contributed by atoms with Gasteiger partial charge >= 0.3 is 5.97 Å². The van der Waals surface area contributed by atoms with Gasteiger partial charge in [0, 0.05) is 6.04 Å². The molecule has 4 nitrogen and oxygen atoms in total. The number of fused-ring (bicyclic) bond motifs is 2. The molecule has 11 heavy (non-hydrogen) atoms. The van der Waals surface area contributed by atoms with Crippen LogP contribution in [0.15, 0.2) is 0 Å². The van der Waals surface area contributed by atoms with Gasteiger partial charge in [0.15, 0.2) is 0 Å². The van der Waals surface area contributed by atoms with Crippen molar-refractivity contribution >= 4 is 5.97 Å². The van der Waals surface area contributed by atoms with E-state index in [-0.39, 0.29) is 18.1 Å². The van der Waals surface area contributed by atoms with Crippen molar-refractivity contribution in [1.82, 2.24) is 5.32 Å². The highest BCUT2D eigenvalue weighted by Crippen LogP contribution is 2.35. The molecule has 0 aromatic heterocycles. The first-order valence-electron chi connectivity index (χ1n) is 3.85. The summed E-state index contributed by atoms with van der Waals surface area (Å²) in [5.74, 6) is -0.642. The Hall–Kier alpha value is -0.610. The second-order valence-electron chi connectivity index (χ2n) is 3.39. The molecule has 1 aliphatic carbocycles. The Morgan fingerprint density at radius 2 is 2.18 bits per heavy atom. The zero-order valence-corrected chi connectivity index (χ0v) is 6.03. The number of rotatable bonds is 1. The number of carbonyl (C=O) groups is 1. The summed E-state index contributed by atoms with van der Waals surface area (Å²) in [6, 6.07) is -0.385. The maximum absolute atomic E-state index is 10.6. The third kappa shape index (κ3) is 0.937. The van der Waals surface area contributed by atoms with Crippen molar-refractivity contribution in [2.45, 2.75) is 31.0 Å². The summed E-state index contributed by atoms with van der Waals surface area (Å²) in [6.45, 7) is 0. The molecule has 0 amide bonds. The summed E-state index contributed by atoms with van der Waals surface area (Å²) in [7, 11) is 0. The number of hydrogen-bond acceptors (Lipinski definition) is 3. The van der Waals surface area contributed by atoms with E-state index in [4.69, 9.17) is 5.11 Å². The van der Waals surface area contributed by atoms with Crippen molar-refractivity contribution in [2.24, 2.45) is 5.92 Å². The molecule has 0 spiro atoms. The van der Waals surface area contributed by atoms with Gasteiger partial charge in [0.2, 0.25) is 0 Å². The van der Waals surface area contributed by atoms with Crippen LogP contribution < -0.4 is 5.32 Å². The molecule has 62 valence electrons. The molecule has 0 unspecified atom stereocenters. The lowest BCUT2D eigenvalue weighted by atomic mass is 9.99. The van der Waals surface area contributed by atoms with Crippen LogP contribution in [0.25, 0.3) is 0 Å². The minimum absolute atomic E-state index is 0.0288. The molecule has 1 aliphatic heterocycles. The summed E-state index contributed by atoms with van der Waals surface area (Å²) in [5.41, 5.74) is 0. The molecule has 2 bridgehead atoms. The normalized spacial score (nSPS) is 48.1. The first-order chi connectivity index (χ1) is 5.18. The maximum Gasteiger partial charge on any atom is 0.320 e. The van der Waals surface area contributed by atoms with Gasteiger partial charge in [0.25, 0.3) is 0 Å². The number of aliphatic hydroxyl groups is 1. The van der Waals surface area contributed by atoms with E-state index < -0.39 is 12.0 Å². The summed E-state index contributed by atoms with van der Waals surface area (Å²) in [5, 5.41) is 20.8. The number of nitrogens with one attached hydrogen (secondary N) is 1. The average molecular weight is 157 g/mol. The zero-order chi connectivity index (χ0) is 8.01. The number of hydrogen-bond donors (Lipinski definition) is 3. The topological polar surface area (TPSA) is 69.6 Å². The fourth-order valence-corrected chi connectivity index (χ4v) is 2.14. The lowest BCUT2D eigenvalue weighted by molar-refractivity contribution is -0.141. The van der Waals surface area contributed by atoms with E-state index in [1.807, 2.05) is 0 Å². The monoisotopic (exact) mass is 157 g/mol. The van der Waals surface area contributed by atoms with E-state index in [0.29, 0.717) is 6.42 Å². The second-order valence-corrected chi connectivity index (χ2v) is 3.39. The molecule has 4 atom stereocenters. The van der Waals surface area contributed by atoms with Crippen LogP contribution in [0.3, 0.4) is 0 Å². The van der Waals surface area contributed by atoms with Gasteiger partial charge < -0.3 is 10.2 Å². The summed E-state index contributed by atoms with van der Waals surface area (Å²) in [6.07, 6.45) is 1.14. The number of carboxylic acids is 1. The Kier molecular flexibility index (Phi) is 1.40. The number of aliphatic hydroxyl groups excluding tert-OH is 1. The van der Waals surface area contributed by atoms with E-state index in [1.54, 1.807) is 0 Å². The van der Waals surface area contributed by atoms with Gasteiger partial charge in [-0.25, -0.2) is 0 Å². The fraction of sp³-hybridized carbons (Fsp3) is 0.857. The molecule has 1 saturated heterocycles.